The number of hydrogen-bond acceptors (Lipinski definition) is 6. The Labute approximate surface area is 171 Å². The average Bonchev–Trinajstić information content (AvgIpc) is 3.55. The number of amides is 2. The van der Waals surface area contributed by atoms with Gasteiger partial charge in [-0.15, -0.1) is 0 Å². The Hall–Kier alpha value is -3.05. The lowest BCUT2D eigenvalue weighted by atomic mass is 10.0. The highest BCUT2D eigenvalue weighted by Gasteiger charge is 2.47. The van der Waals surface area contributed by atoms with Crippen molar-refractivity contribution in [2.75, 3.05) is 6.54 Å². The molecular formula is C21H30N6O2. The Morgan fingerprint density at radius 2 is 1.52 bits per heavy atom. The van der Waals surface area contributed by atoms with E-state index in [4.69, 9.17) is 22.6 Å². The fraction of sp³-hybridized carbons (Fsp3) is 0.476. The minimum atomic E-state index is -0.667. The maximum atomic E-state index is 12.0. The van der Waals surface area contributed by atoms with Crippen molar-refractivity contribution in [2.45, 2.75) is 56.9 Å². The molecule has 3 rings (SSSR count). The molecule has 1 aromatic rings. The largest absolute Gasteiger partial charge is 0.399 e. The van der Waals surface area contributed by atoms with Crippen LogP contribution in [0.25, 0.3) is 0 Å². The summed E-state index contributed by atoms with van der Waals surface area (Å²) in [5.74, 6) is 4.88. The third kappa shape index (κ3) is 6.80. The Bertz CT molecular complexity index is 762. The van der Waals surface area contributed by atoms with Gasteiger partial charge in [0.15, 0.2) is 0 Å². The normalized spacial score (nSPS) is 17.2. The number of nitrogens with zero attached hydrogens (tertiary/aromatic N) is 2. The topological polar surface area (TPSA) is 151 Å². The van der Waals surface area contributed by atoms with Crippen LogP contribution in [0, 0.1) is 11.3 Å². The van der Waals surface area contributed by atoms with Gasteiger partial charge in [0, 0.05) is 23.0 Å². The number of nitrogens with one attached hydrogen (secondary N) is 1. The van der Waals surface area contributed by atoms with Crippen LogP contribution in [0.2, 0.25) is 0 Å². The number of benzene rings is 1. The summed E-state index contributed by atoms with van der Waals surface area (Å²) in [6, 6.07) is 8.09. The first kappa shape index (κ1) is 22.2. The van der Waals surface area contributed by atoms with E-state index in [1.165, 1.54) is 74.0 Å². The van der Waals surface area contributed by atoms with Crippen LogP contribution in [0.3, 0.4) is 0 Å². The summed E-state index contributed by atoms with van der Waals surface area (Å²) in [5, 5.41) is 12.9. The van der Waals surface area contributed by atoms with E-state index in [1.54, 1.807) is 0 Å². The lowest BCUT2D eigenvalue weighted by Crippen LogP contribution is -2.39. The number of rotatable bonds is 6. The van der Waals surface area contributed by atoms with Gasteiger partial charge >= 0.3 is 0 Å². The molecular weight excluding hydrogens is 368 g/mol. The van der Waals surface area contributed by atoms with Crippen molar-refractivity contribution >= 4 is 11.8 Å². The van der Waals surface area contributed by atoms with Gasteiger partial charge in [0.25, 0.3) is 5.91 Å². The molecule has 2 saturated carbocycles. The van der Waals surface area contributed by atoms with Crippen molar-refractivity contribution in [3.05, 3.63) is 47.3 Å². The Balaban J connectivity index is 0.000000426. The fourth-order valence-corrected chi connectivity index (χ4v) is 3.02. The molecule has 2 aliphatic rings. The van der Waals surface area contributed by atoms with Crippen LogP contribution >= 0.6 is 0 Å². The van der Waals surface area contributed by atoms with E-state index in [1.807, 2.05) is 0 Å². The molecule has 1 aromatic carbocycles. The molecule has 156 valence electrons. The molecule has 7 N–H and O–H groups in total. The summed E-state index contributed by atoms with van der Waals surface area (Å²) >= 11 is 0. The van der Waals surface area contributed by atoms with E-state index in [0.29, 0.717) is 29.7 Å². The molecule has 8 nitrogen and oxygen atoms in total. The fourth-order valence-electron chi connectivity index (χ4n) is 3.02. The molecule has 29 heavy (non-hydrogen) atoms. The number of carbonyl (C=O) groups is 2. The summed E-state index contributed by atoms with van der Waals surface area (Å²) in [7, 11) is 0. The molecule has 2 fully saturated rings. The van der Waals surface area contributed by atoms with Crippen molar-refractivity contribution in [2.24, 2.45) is 17.3 Å². The molecule has 2 aliphatic carbocycles. The van der Waals surface area contributed by atoms with E-state index in [9.17, 15) is 9.59 Å². The second-order valence-electron chi connectivity index (χ2n) is 7.50. The van der Waals surface area contributed by atoms with Crippen molar-refractivity contribution in [1.82, 2.24) is 10.3 Å². The lowest BCUT2D eigenvalue weighted by Gasteiger charge is -2.20. The maximum absolute atomic E-state index is 12.0. The van der Waals surface area contributed by atoms with Crippen LogP contribution < -0.4 is 22.6 Å². The molecule has 0 heterocycles. The van der Waals surface area contributed by atoms with Crippen molar-refractivity contribution in [3.8, 4) is 6.07 Å². The highest BCUT2D eigenvalue weighted by atomic mass is 16.2. The summed E-state index contributed by atoms with van der Waals surface area (Å²) in [6.45, 7) is 0.0889. The van der Waals surface area contributed by atoms with E-state index in [-0.39, 0.29) is 12.5 Å². The number of hydrogen-bond donors (Lipinski definition) is 4. The van der Waals surface area contributed by atoms with Crippen LogP contribution in [-0.4, -0.2) is 28.9 Å². The highest BCUT2D eigenvalue weighted by molar-refractivity contribution is 5.97. The van der Waals surface area contributed by atoms with Crippen LogP contribution in [-0.2, 0) is 0 Å². The average molecular weight is 399 g/mol. The van der Waals surface area contributed by atoms with Gasteiger partial charge in [0.1, 0.15) is 5.54 Å². The van der Waals surface area contributed by atoms with Gasteiger partial charge in [-0.1, -0.05) is 38.5 Å². The van der Waals surface area contributed by atoms with Crippen LogP contribution in [0.5, 0.6) is 0 Å². The predicted octanol–water partition coefficient (Wildman–Crippen LogP) is 1.89. The molecule has 0 bridgehead atoms. The number of primary amides is 1. The number of nitrogens with two attached hydrogens (primary N) is 3. The van der Waals surface area contributed by atoms with E-state index >= 15 is 0 Å². The Morgan fingerprint density at radius 1 is 1.03 bits per heavy atom. The Kier molecular flexibility index (Phi) is 8.04. The van der Waals surface area contributed by atoms with Gasteiger partial charge in [-0.25, -0.2) is 5.84 Å². The van der Waals surface area contributed by atoms with Crippen LogP contribution in [0.15, 0.2) is 36.2 Å². The quantitative estimate of drug-likeness (QED) is 0.424. The van der Waals surface area contributed by atoms with Gasteiger partial charge in [0.2, 0.25) is 5.91 Å². The van der Waals surface area contributed by atoms with Gasteiger partial charge in [0.05, 0.1) is 12.6 Å². The first-order valence-electron chi connectivity index (χ1n) is 9.97. The first-order valence-corrected chi connectivity index (χ1v) is 9.97. The zero-order valence-corrected chi connectivity index (χ0v) is 16.7. The number of nitriles is 1. The first-order chi connectivity index (χ1) is 13.9. The van der Waals surface area contributed by atoms with E-state index in [2.05, 4.69) is 11.4 Å². The van der Waals surface area contributed by atoms with Crippen LogP contribution in [0.4, 0.5) is 0 Å². The number of carbonyl (C=O) groups excluding carboxylic acids is 2. The van der Waals surface area contributed by atoms with Crippen molar-refractivity contribution in [1.29, 1.82) is 5.26 Å². The standard InChI is InChI=1S/C15H18N6O2.C6H12/c16-9-15(5-6-15)21(19)8-12(17)7-20-14(23)11-3-1-10(2-4-11)13(18)22;1-2-4-6-5-3-1/h1-4,8H,5-7,17,19H2,(H2,18,22)(H,20,23);1-6H2/b12-8-;. The zero-order valence-electron chi connectivity index (χ0n) is 16.7. The van der Waals surface area contributed by atoms with E-state index < -0.39 is 11.4 Å². The van der Waals surface area contributed by atoms with Crippen molar-refractivity contribution in [3.63, 3.8) is 0 Å². The molecule has 0 spiro atoms. The minimum absolute atomic E-state index is 0.0889. The smallest absolute Gasteiger partial charge is 0.251 e. The monoisotopic (exact) mass is 398 g/mol. The van der Waals surface area contributed by atoms with Gasteiger partial charge in [-0.05, 0) is 37.1 Å². The molecule has 0 aliphatic heterocycles. The highest BCUT2D eigenvalue weighted by Crippen LogP contribution is 2.39. The Morgan fingerprint density at radius 3 is 1.93 bits per heavy atom. The lowest BCUT2D eigenvalue weighted by molar-refractivity contribution is 0.0953. The third-order valence-electron chi connectivity index (χ3n) is 5.12. The zero-order chi connectivity index (χ0) is 21.3. The number of hydrazine groups is 1. The van der Waals surface area contributed by atoms with Crippen molar-refractivity contribution < 1.29 is 9.59 Å². The van der Waals surface area contributed by atoms with Gasteiger partial charge in [-0.3, -0.25) is 14.6 Å². The molecule has 0 unspecified atom stereocenters. The summed E-state index contributed by atoms with van der Waals surface area (Å²) < 4.78 is 0. The molecule has 8 heteroatoms. The summed E-state index contributed by atoms with van der Waals surface area (Å²) in [4.78, 5) is 22.9. The summed E-state index contributed by atoms with van der Waals surface area (Å²) in [5.41, 5.74) is 11.3. The third-order valence-corrected chi connectivity index (χ3v) is 5.12. The van der Waals surface area contributed by atoms with E-state index in [0.717, 1.165) is 0 Å². The van der Waals surface area contributed by atoms with Gasteiger partial charge < -0.3 is 16.8 Å². The predicted molar refractivity (Wildman–Crippen MR) is 111 cm³/mol. The molecule has 0 radical (unpaired) electrons. The molecule has 0 aromatic heterocycles. The van der Waals surface area contributed by atoms with Gasteiger partial charge in [-0.2, -0.15) is 5.26 Å². The summed E-state index contributed by atoms with van der Waals surface area (Å²) in [6.07, 6.45) is 11.8. The second-order valence-corrected chi connectivity index (χ2v) is 7.50. The SMILES string of the molecule is C1CCCCC1.N#CC1(N(N)/C=C(\N)CNC(=O)c2ccc(C(N)=O)cc2)CC1. The molecule has 0 saturated heterocycles. The van der Waals surface area contributed by atoms with Crippen LogP contribution in [0.1, 0.15) is 72.1 Å². The molecule has 2 amide bonds. The minimum Gasteiger partial charge on any atom is -0.399 e. The molecule has 0 atom stereocenters. The second kappa shape index (κ2) is 10.5. The maximum Gasteiger partial charge on any atom is 0.251 e.